The van der Waals surface area contributed by atoms with E-state index in [4.69, 9.17) is 4.74 Å². The van der Waals surface area contributed by atoms with Crippen molar-refractivity contribution in [1.29, 1.82) is 0 Å². The molecule has 3 aliphatic heterocycles. The van der Waals surface area contributed by atoms with Crippen LogP contribution in [0.15, 0.2) is 36.4 Å². The van der Waals surface area contributed by atoms with Gasteiger partial charge in [-0.1, -0.05) is 44.6 Å². The van der Waals surface area contributed by atoms with Gasteiger partial charge >= 0.3 is 0 Å². The van der Waals surface area contributed by atoms with Crippen molar-refractivity contribution in [3.05, 3.63) is 53.1 Å². The number of hydrogen-bond donors (Lipinski definition) is 1. The Bertz CT molecular complexity index is 1960. The smallest absolute Gasteiger partial charge is 0.264 e. The van der Waals surface area contributed by atoms with Crippen LogP contribution in [-0.2, 0) is 21.4 Å². The van der Waals surface area contributed by atoms with Crippen LogP contribution in [0.5, 0.6) is 5.75 Å². The summed E-state index contributed by atoms with van der Waals surface area (Å²) in [6, 6.07) is 12.6. The molecule has 2 amide bonds. The van der Waals surface area contributed by atoms with Crippen LogP contribution in [0.4, 0.5) is 0 Å². The Labute approximate surface area is 295 Å². The largest absolute Gasteiger partial charge is 0.497 e. The number of rotatable bonds is 6. The molecule has 4 unspecified atom stereocenters. The number of carbonyl (C=O) groups is 2. The molecule has 3 aromatic rings. The lowest BCUT2D eigenvalue weighted by molar-refractivity contribution is -0.143. The van der Waals surface area contributed by atoms with Crippen LogP contribution < -0.4 is 9.46 Å². The van der Waals surface area contributed by atoms with Crippen molar-refractivity contribution >= 4 is 32.7 Å². The number of likely N-dealkylation sites (N-methyl/N-ethyl adjacent to an activating group) is 1. The number of fused-ring (bicyclic) bond motifs is 9. The quantitative estimate of drug-likeness (QED) is 0.314. The van der Waals surface area contributed by atoms with Gasteiger partial charge in [0, 0.05) is 59.7 Å². The zero-order valence-electron chi connectivity index (χ0n) is 29.5. The monoisotopic (exact) mass is 698 g/mol. The minimum absolute atomic E-state index is 0.0837. The van der Waals surface area contributed by atoms with Gasteiger partial charge in [0.15, 0.2) is 0 Å². The van der Waals surface area contributed by atoms with Gasteiger partial charge in [0.25, 0.3) is 5.91 Å². The van der Waals surface area contributed by atoms with E-state index in [2.05, 4.69) is 38.3 Å². The van der Waals surface area contributed by atoms with E-state index in [1.807, 2.05) is 18.2 Å². The number of ether oxygens (including phenoxy) is 1. The number of nitrogens with zero attached hydrogens (tertiary/aromatic N) is 3. The standard InChI is InChI=1S/C40H50N4O5S/c1-42-22-27-14-15-28(23-42)44(27)39(46)40-21-34(40)33-20-29(49-2)16-18-31(33)37-36(25-9-5-3-6-10-25)32-17-13-26(19-35(32)43(37)24-40)38(45)41-50(47,48)30-11-7-4-8-12-30/h13,16-20,25,27-28,30,34H,3-12,14-15,21-24H2,1-2H3,(H,41,45). The Balaban J connectivity index is 1.19. The average Bonchev–Trinajstić information content (AvgIpc) is 3.71. The second-order valence-corrected chi connectivity index (χ2v) is 18.3. The first-order valence-electron chi connectivity index (χ1n) is 19.1. The number of amides is 2. The third kappa shape index (κ3) is 5.13. The summed E-state index contributed by atoms with van der Waals surface area (Å²) >= 11 is 0. The number of piperazine rings is 1. The molecule has 10 heteroatoms. The van der Waals surface area contributed by atoms with Crippen LogP contribution in [0.25, 0.3) is 22.2 Å². The lowest BCUT2D eigenvalue weighted by Crippen LogP contribution is -2.57. The molecule has 266 valence electrons. The van der Waals surface area contributed by atoms with E-state index in [-0.39, 0.29) is 23.9 Å². The highest BCUT2D eigenvalue weighted by Gasteiger charge is 2.65. The number of nitrogens with one attached hydrogen (secondary N) is 1. The van der Waals surface area contributed by atoms with E-state index in [0.29, 0.717) is 30.9 Å². The van der Waals surface area contributed by atoms with E-state index < -0.39 is 26.6 Å². The summed E-state index contributed by atoms with van der Waals surface area (Å²) in [4.78, 5) is 33.4. The predicted octanol–water partition coefficient (Wildman–Crippen LogP) is 6.55. The normalized spacial score (nSPS) is 28.4. The minimum atomic E-state index is -3.78. The van der Waals surface area contributed by atoms with E-state index in [1.165, 1.54) is 30.4 Å². The molecule has 2 saturated heterocycles. The van der Waals surface area contributed by atoms with Crippen LogP contribution >= 0.6 is 0 Å². The van der Waals surface area contributed by atoms with Crippen LogP contribution in [0.2, 0.25) is 0 Å². The first-order valence-corrected chi connectivity index (χ1v) is 20.6. The van der Waals surface area contributed by atoms with Crippen LogP contribution in [0.1, 0.15) is 117 Å². The molecule has 3 saturated carbocycles. The zero-order chi connectivity index (χ0) is 34.4. The van der Waals surface area contributed by atoms with Gasteiger partial charge in [0.2, 0.25) is 15.9 Å². The first-order chi connectivity index (χ1) is 24.2. The molecule has 0 spiro atoms. The fourth-order valence-electron chi connectivity index (χ4n) is 10.8. The van der Waals surface area contributed by atoms with E-state index in [9.17, 15) is 13.2 Å². The van der Waals surface area contributed by atoms with Crippen LogP contribution in [0.3, 0.4) is 0 Å². The van der Waals surface area contributed by atoms with Gasteiger partial charge < -0.3 is 19.1 Å². The van der Waals surface area contributed by atoms with Gasteiger partial charge in [-0.15, -0.1) is 0 Å². The van der Waals surface area contributed by atoms with Crippen molar-refractivity contribution in [2.24, 2.45) is 5.41 Å². The highest BCUT2D eigenvalue weighted by molar-refractivity contribution is 7.90. The summed E-state index contributed by atoms with van der Waals surface area (Å²) < 4.78 is 37.2. The summed E-state index contributed by atoms with van der Waals surface area (Å²) in [5.41, 5.74) is 5.51. The third-order valence-electron chi connectivity index (χ3n) is 13.3. The second-order valence-electron chi connectivity index (χ2n) is 16.3. The molecule has 0 radical (unpaired) electrons. The lowest BCUT2D eigenvalue weighted by Gasteiger charge is -2.41. The number of likely N-dealkylation sites (tertiary alicyclic amines) is 1. The molecular formula is C40H50N4O5S. The number of hydrogen-bond acceptors (Lipinski definition) is 6. The highest BCUT2D eigenvalue weighted by atomic mass is 32.2. The fraction of sp³-hybridized carbons (Fsp3) is 0.600. The maximum Gasteiger partial charge on any atom is 0.264 e. The fourth-order valence-corrected chi connectivity index (χ4v) is 12.3. The van der Waals surface area contributed by atoms with E-state index in [1.54, 1.807) is 13.2 Å². The van der Waals surface area contributed by atoms with Crippen LogP contribution in [-0.4, -0.2) is 79.2 Å². The van der Waals surface area contributed by atoms with Crippen molar-refractivity contribution in [2.45, 2.75) is 119 Å². The molecule has 2 bridgehead atoms. The highest BCUT2D eigenvalue weighted by Crippen LogP contribution is 2.66. The van der Waals surface area contributed by atoms with Crippen molar-refractivity contribution in [1.82, 2.24) is 19.1 Å². The molecule has 9 nitrogen and oxygen atoms in total. The molecule has 3 aliphatic carbocycles. The van der Waals surface area contributed by atoms with Crippen molar-refractivity contribution in [2.75, 3.05) is 27.2 Å². The average molecular weight is 699 g/mol. The summed E-state index contributed by atoms with van der Waals surface area (Å²) in [5, 5.41) is 0.587. The molecule has 1 aromatic heterocycles. The number of carbonyl (C=O) groups excluding carboxylic acids is 2. The van der Waals surface area contributed by atoms with Crippen molar-refractivity contribution < 1.29 is 22.7 Å². The maximum atomic E-state index is 15.1. The van der Waals surface area contributed by atoms with Gasteiger partial charge in [0.1, 0.15) is 5.75 Å². The molecule has 2 aromatic carbocycles. The Morgan fingerprint density at radius 1 is 0.880 bits per heavy atom. The van der Waals surface area contributed by atoms with Gasteiger partial charge in [-0.25, -0.2) is 13.1 Å². The predicted molar refractivity (Wildman–Crippen MR) is 194 cm³/mol. The van der Waals surface area contributed by atoms with E-state index in [0.717, 1.165) is 92.4 Å². The van der Waals surface area contributed by atoms with Gasteiger partial charge in [-0.3, -0.25) is 9.59 Å². The first kappa shape index (κ1) is 32.5. The molecule has 9 rings (SSSR count). The lowest BCUT2D eigenvalue weighted by atomic mass is 9.81. The summed E-state index contributed by atoms with van der Waals surface area (Å²) in [6.45, 7) is 2.38. The SMILES string of the molecule is COc1ccc2c(c1)C1CC1(C(=O)N1C3CCC1CN(C)C3)Cn1c-2c(C2CCCCC2)c2ccc(C(=O)NS(=O)(=O)C3CCCCC3)cc21. The van der Waals surface area contributed by atoms with E-state index >= 15 is 4.79 Å². The number of benzene rings is 2. The van der Waals surface area contributed by atoms with Gasteiger partial charge in [-0.2, -0.15) is 0 Å². The Morgan fingerprint density at radius 3 is 2.28 bits per heavy atom. The summed E-state index contributed by atoms with van der Waals surface area (Å²) in [7, 11) is 0.0892. The molecule has 4 atom stereocenters. The topological polar surface area (TPSA) is 101 Å². The second kappa shape index (κ2) is 12.1. The van der Waals surface area contributed by atoms with Crippen molar-refractivity contribution in [3.8, 4) is 17.0 Å². The summed E-state index contributed by atoms with van der Waals surface area (Å²) in [6.07, 6.45) is 12.7. The molecule has 50 heavy (non-hydrogen) atoms. The number of sulfonamides is 1. The molecule has 4 heterocycles. The van der Waals surface area contributed by atoms with Crippen LogP contribution in [0, 0.1) is 5.41 Å². The third-order valence-corrected chi connectivity index (χ3v) is 15.2. The molecular weight excluding hydrogens is 649 g/mol. The Morgan fingerprint density at radius 2 is 1.58 bits per heavy atom. The van der Waals surface area contributed by atoms with Crippen molar-refractivity contribution in [3.63, 3.8) is 0 Å². The molecule has 1 N–H and O–H groups in total. The molecule has 5 fully saturated rings. The Kier molecular flexibility index (Phi) is 7.88. The maximum absolute atomic E-state index is 15.1. The number of methoxy groups -OCH3 is 1. The van der Waals surface area contributed by atoms with Gasteiger partial charge in [-0.05, 0) is 99.4 Å². The summed E-state index contributed by atoms with van der Waals surface area (Å²) in [5.74, 6) is 0.964. The minimum Gasteiger partial charge on any atom is -0.497 e. The Hall–Kier alpha value is -3.37. The molecule has 6 aliphatic rings. The van der Waals surface area contributed by atoms with Gasteiger partial charge in [0.05, 0.1) is 23.5 Å². The zero-order valence-corrected chi connectivity index (χ0v) is 30.3. The number of aromatic nitrogens is 1.